The molecule has 8 heteroatoms. The maximum atomic E-state index is 12.3. The molecule has 0 amide bonds. The highest BCUT2D eigenvalue weighted by Crippen LogP contribution is 2.20. The summed E-state index contributed by atoms with van der Waals surface area (Å²) in [6.45, 7) is 2.39. The quantitative estimate of drug-likeness (QED) is 0.703. The van der Waals surface area contributed by atoms with Crippen LogP contribution >= 0.6 is 22.6 Å². The lowest BCUT2D eigenvalue weighted by atomic mass is 10.1. The summed E-state index contributed by atoms with van der Waals surface area (Å²) in [7, 11) is -3.77. The number of rotatable bonds is 5. The summed E-state index contributed by atoms with van der Waals surface area (Å²) in [5, 5.41) is 9.07. The van der Waals surface area contributed by atoms with Crippen molar-refractivity contribution in [3.05, 3.63) is 27.3 Å². The fraction of sp³-hybridized carbons (Fsp3) is 0.462. The second-order valence-electron chi connectivity index (χ2n) is 4.91. The van der Waals surface area contributed by atoms with Crippen LogP contribution in [0.3, 0.4) is 0 Å². The lowest BCUT2D eigenvalue weighted by molar-refractivity contribution is 0.0695. The van der Waals surface area contributed by atoms with Gasteiger partial charge in [-0.25, -0.2) is 17.9 Å². The Kier molecular flexibility index (Phi) is 5.23. The number of ether oxygens (including phenoxy) is 1. The Labute approximate surface area is 137 Å². The Bertz CT molecular complexity index is 640. The molecule has 1 saturated heterocycles. The molecule has 1 aliphatic heterocycles. The van der Waals surface area contributed by atoms with Gasteiger partial charge in [-0.05, 0) is 60.6 Å². The third-order valence-corrected chi connectivity index (χ3v) is 5.84. The Hall–Kier alpha value is -0.710. The molecular weight excluding hydrogens is 409 g/mol. The van der Waals surface area contributed by atoms with E-state index in [1.165, 1.54) is 18.2 Å². The van der Waals surface area contributed by atoms with Gasteiger partial charge >= 0.3 is 5.97 Å². The summed E-state index contributed by atoms with van der Waals surface area (Å²) in [5.74, 6) is -1.15. The van der Waals surface area contributed by atoms with E-state index in [2.05, 4.69) is 4.72 Å². The highest BCUT2D eigenvalue weighted by Gasteiger charge is 2.27. The van der Waals surface area contributed by atoms with E-state index in [9.17, 15) is 13.2 Å². The van der Waals surface area contributed by atoms with Crippen molar-refractivity contribution < 1.29 is 23.1 Å². The first-order chi connectivity index (χ1) is 9.81. The van der Waals surface area contributed by atoms with Gasteiger partial charge in [-0.1, -0.05) is 0 Å². The molecular formula is C13H16INO5S. The van der Waals surface area contributed by atoms with Crippen LogP contribution in [0.5, 0.6) is 0 Å². The zero-order valence-electron chi connectivity index (χ0n) is 11.4. The first-order valence-electron chi connectivity index (χ1n) is 6.48. The van der Waals surface area contributed by atoms with Crippen molar-refractivity contribution >= 4 is 38.6 Å². The molecule has 2 unspecified atom stereocenters. The minimum atomic E-state index is -3.77. The fourth-order valence-electron chi connectivity index (χ4n) is 2.22. The normalized spacial score (nSPS) is 20.4. The molecule has 0 bridgehead atoms. The topological polar surface area (TPSA) is 92.7 Å². The summed E-state index contributed by atoms with van der Waals surface area (Å²) in [5.41, 5.74) is -0.0248. The molecule has 1 aromatic carbocycles. The standard InChI is InChI=1S/C13H16INO5S/c1-8(12-3-2-6-20-12)15-21(18,19)9-4-5-11(14)10(7-9)13(16)17/h4-5,7-8,12,15H,2-3,6H2,1H3,(H,16,17). The smallest absolute Gasteiger partial charge is 0.336 e. The lowest BCUT2D eigenvalue weighted by Crippen LogP contribution is -2.40. The first kappa shape index (κ1) is 16.7. The number of benzene rings is 1. The molecule has 116 valence electrons. The maximum absolute atomic E-state index is 12.3. The van der Waals surface area contributed by atoms with Crippen molar-refractivity contribution in [3.63, 3.8) is 0 Å². The van der Waals surface area contributed by atoms with Crippen LogP contribution in [0.25, 0.3) is 0 Å². The zero-order chi connectivity index (χ0) is 15.6. The number of nitrogens with one attached hydrogen (secondary N) is 1. The molecule has 0 aliphatic carbocycles. The molecule has 2 N–H and O–H groups in total. The molecule has 2 rings (SSSR count). The van der Waals surface area contributed by atoms with Crippen LogP contribution in [0, 0.1) is 3.57 Å². The van der Waals surface area contributed by atoms with E-state index in [1.807, 2.05) is 22.6 Å². The van der Waals surface area contributed by atoms with E-state index in [1.54, 1.807) is 6.92 Å². The summed E-state index contributed by atoms with van der Waals surface area (Å²) in [4.78, 5) is 11.0. The van der Waals surface area contributed by atoms with Gasteiger partial charge in [0.15, 0.2) is 0 Å². The number of hydrogen-bond donors (Lipinski definition) is 2. The molecule has 0 spiro atoms. The van der Waals surface area contributed by atoms with Crippen LogP contribution in [-0.4, -0.2) is 38.2 Å². The van der Waals surface area contributed by atoms with Gasteiger partial charge in [0.1, 0.15) is 0 Å². The summed E-state index contributed by atoms with van der Waals surface area (Å²) in [6, 6.07) is 3.70. The third-order valence-electron chi connectivity index (χ3n) is 3.34. The van der Waals surface area contributed by atoms with Crippen LogP contribution in [-0.2, 0) is 14.8 Å². The molecule has 1 aromatic rings. The van der Waals surface area contributed by atoms with E-state index >= 15 is 0 Å². The predicted octanol–water partition coefficient (Wildman–Crippen LogP) is 1.84. The summed E-state index contributed by atoms with van der Waals surface area (Å²) in [6.07, 6.45) is 1.60. The van der Waals surface area contributed by atoms with Crippen molar-refractivity contribution in [1.82, 2.24) is 4.72 Å². The second-order valence-corrected chi connectivity index (χ2v) is 7.78. The molecule has 1 heterocycles. The molecule has 21 heavy (non-hydrogen) atoms. The van der Waals surface area contributed by atoms with Crippen molar-refractivity contribution in [2.75, 3.05) is 6.61 Å². The van der Waals surface area contributed by atoms with Crippen LogP contribution in [0.2, 0.25) is 0 Å². The van der Waals surface area contributed by atoms with Crippen LogP contribution < -0.4 is 4.72 Å². The lowest BCUT2D eigenvalue weighted by Gasteiger charge is -2.20. The molecule has 0 radical (unpaired) electrons. The van der Waals surface area contributed by atoms with Gasteiger partial charge in [0.2, 0.25) is 10.0 Å². The van der Waals surface area contributed by atoms with Crippen molar-refractivity contribution in [2.45, 2.75) is 36.8 Å². The van der Waals surface area contributed by atoms with Gasteiger partial charge in [-0.2, -0.15) is 0 Å². The average Bonchev–Trinajstić information content (AvgIpc) is 2.92. The van der Waals surface area contributed by atoms with Crippen molar-refractivity contribution in [1.29, 1.82) is 0 Å². The van der Waals surface area contributed by atoms with E-state index in [-0.39, 0.29) is 22.6 Å². The van der Waals surface area contributed by atoms with Gasteiger partial charge in [0.05, 0.1) is 16.6 Å². The Morgan fingerprint density at radius 1 is 1.52 bits per heavy atom. The number of carboxylic acid groups (broad SMARTS) is 1. The van der Waals surface area contributed by atoms with Gasteiger partial charge < -0.3 is 9.84 Å². The predicted molar refractivity (Wildman–Crippen MR) is 84.9 cm³/mol. The molecule has 0 aromatic heterocycles. The number of sulfonamides is 1. The average molecular weight is 425 g/mol. The first-order valence-corrected chi connectivity index (χ1v) is 9.04. The monoisotopic (exact) mass is 425 g/mol. The largest absolute Gasteiger partial charge is 0.478 e. The fourth-order valence-corrected chi connectivity index (χ4v) is 4.08. The minimum Gasteiger partial charge on any atom is -0.478 e. The number of hydrogen-bond acceptors (Lipinski definition) is 4. The molecule has 0 saturated carbocycles. The minimum absolute atomic E-state index is 0.0248. The second kappa shape index (κ2) is 6.59. The molecule has 1 aliphatic rings. The zero-order valence-corrected chi connectivity index (χ0v) is 14.3. The number of carboxylic acids is 1. The summed E-state index contributed by atoms with van der Waals surface area (Å²) < 4.78 is 33.1. The van der Waals surface area contributed by atoms with Gasteiger partial charge in [-0.3, -0.25) is 0 Å². The van der Waals surface area contributed by atoms with Gasteiger partial charge in [0, 0.05) is 16.2 Å². The molecule has 6 nitrogen and oxygen atoms in total. The van der Waals surface area contributed by atoms with E-state index < -0.39 is 16.0 Å². The summed E-state index contributed by atoms with van der Waals surface area (Å²) >= 11 is 1.86. The van der Waals surface area contributed by atoms with Crippen LogP contribution in [0.15, 0.2) is 23.1 Å². The Balaban J connectivity index is 2.23. The Morgan fingerprint density at radius 2 is 2.24 bits per heavy atom. The number of aromatic carboxylic acids is 1. The van der Waals surface area contributed by atoms with Crippen LogP contribution in [0.1, 0.15) is 30.1 Å². The highest BCUT2D eigenvalue weighted by molar-refractivity contribution is 14.1. The van der Waals surface area contributed by atoms with Crippen LogP contribution in [0.4, 0.5) is 0 Å². The van der Waals surface area contributed by atoms with Gasteiger partial charge in [0.25, 0.3) is 0 Å². The molecule has 2 atom stereocenters. The molecule has 1 fully saturated rings. The van der Waals surface area contributed by atoms with E-state index in [0.29, 0.717) is 10.2 Å². The van der Waals surface area contributed by atoms with Crippen molar-refractivity contribution in [3.8, 4) is 0 Å². The van der Waals surface area contributed by atoms with Crippen molar-refractivity contribution in [2.24, 2.45) is 0 Å². The number of carbonyl (C=O) groups is 1. The SMILES string of the molecule is CC(NS(=O)(=O)c1ccc(I)c(C(=O)O)c1)C1CCCO1. The van der Waals surface area contributed by atoms with E-state index in [4.69, 9.17) is 9.84 Å². The Morgan fingerprint density at radius 3 is 2.81 bits per heavy atom. The third kappa shape index (κ3) is 3.93. The number of halogens is 1. The highest BCUT2D eigenvalue weighted by atomic mass is 127. The van der Waals surface area contributed by atoms with E-state index in [0.717, 1.165) is 12.8 Å². The maximum Gasteiger partial charge on any atom is 0.336 e. The van der Waals surface area contributed by atoms with Gasteiger partial charge in [-0.15, -0.1) is 0 Å².